The van der Waals surface area contributed by atoms with Gasteiger partial charge in [-0.1, -0.05) is 54.7 Å². The highest BCUT2D eigenvalue weighted by Crippen LogP contribution is 2.25. The number of benzene rings is 2. The van der Waals surface area contributed by atoms with Crippen molar-refractivity contribution in [1.29, 1.82) is 0 Å². The first-order chi connectivity index (χ1) is 11.6. The maximum atomic E-state index is 12.1. The number of amides is 1. The molecule has 0 unspecified atom stereocenters. The average molecular weight is 364 g/mol. The van der Waals surface area contributed by atoms with E-state index in [4.69, 9.17) is 27.9 Å². The van der Waals surface area contributed by atoms with E-state index in [0.29, 0.717) is 22.3 Å². The fraction of sp³-hybridized carbons (Fsp3) is 0.211. The predicted octanol–water partition coefficient (Wildman–Crippen LogP) is 5.82. The Morgan fingerprint density at radius 2 is 2.00 bits per heavy atom. The number of para-hydroxylation sites is 1. The van der Waals surface area contributed by atoms with Gasteiger partial charge in [0.1, 0.15) is 5.75 Å². The van der Waals surface area contributed by atoms with Gasteiger partial charge in [0.15, 0.2) is 0 Å². The van der Waals surface area contributed by atoms with Gasteiger partial charge in [0, 0.05) is 16.7 Å². The number of carbonyl (C=O) groups excluding carboxylic acids is 1. The van der Waals surface area contributed by atoms with E-state index in [9.17, 15) is 4.79 Å². The Kier molecular flexibility index (Phi) is 7.16. The van der Waals surface area contributed by atoms with E-state index in [1.54, 1.807) is 24.3 Å². The molecule has 3 nitrogen and oxygen atoms in total. The highest BCUT2D eigenvalue weighted by atomic mass is 35.5. The van der Waals surface area contributed by atoms with Gasteiger partial charge in [0.2, 0.25) is 5.91 Å². The Balaban J connectivity index is 2.03. The van der Waals surface area contributed by atoms with Gasteiger partial charge in [0.25, 0.3) is 0 Å². The molecule has 2 rings (SSSR count). The summed E-state index contributed by atoms with van der Waals surface area (Å²) in [4.78, 5) is 12.1. The van der Waals surface area contributed by atoms with Crippen molar-refractivity contribution in [3.8, 4) is 5.75 Å². The van der Waals surface area contributed by atoms with Crippen molar-refractivity contribution in [3.05, 3.63) is 64.1 Å². The van der Waals surface area contributed by atoms with Crippen molar-refractivity contribution in [2.75, 3.05) is 11.9 Å². The Morgan fingerprint density at radius 3 is 2.75 bits per heavy atom. The highest BCUT2D eigenvalue weighted by Gasteiger charge is 2.05. The van der Waals surface area contributed by atoms with Crippen LogP contribution in [0.15, 0.2) is 48.5 Å². The van der Waals surface area contributed by atoms with Crippen LogP contribution in [0.5, 0.6) is 5.75 Å². The first-order valence-electron chi connectivity index (χ1n) is 7.76. The van der Waals surface area contributed by atoms with E-state index < -0.39 is 0 Å². The summed E-state index contributed by atoms with van der Waals surface area (Å²) in [5, 5.41) is 3.64. The van der Waals surface area contributed by atoms with Gasteiger partial charge in [-0.25, -0.2) is 0 Å². The molecule has 2 aromatic rings. The third-order valence-corrected chi connectivity index (χ3v) is 3.83. The fourth-order valence-corrected chi connectivity index (χ4v) is 2.46. The van der Waals surface area contributed by atoms with E-state index in [-0.39, 0.29) is 5.91 Å². The minimum absolute atomic E-state index is 0.275. The molecule has 1 amide bonds. The lowest BCUT2D eigenvalue weighted by atomic mass is 10.2. The lowest BCUT2D eigenvalue weighted by Crippen LogP contribution is -2.08. The lowest BCUT2D eigenvalue weighted by Gasteiger charge is -2.08. The highest BCUT2D eigenvalue weighted by molar-refractivity contribution is 6.36. The normalized spacial score (nSPS) is 10.8. The zero-order chi connectivity index (χ0) is 17.4. The van der Waals surface area contributed by atoms with Crippen LogP contribution in [0.2, 0.25) is 10.0 Å². The van der Waals surface area contributed by atoms with Crippen molar-refractivity contribution in [3.63, 3.8) is 0 Å². The van der Waals surface area contributed by atoms with Crippen LogP contribution in [0.25, 0.3) is 6.08 Å². The smallest absolute Gasteiger partial charge is 0.248 e. The van der Waals surface area contributed by atoms with Crippen LogP contribution in [0.1, 0.15) is 25.3 Å². The molecular weight excluding hydrogens is 345 g/mol. The van der Waals surface area contributed by atoms with Gasteiger partial charge in [-0.15, -0.1) is 0 Å². The Labute approximate surface area is 152 Å². The van der Waals surface area contributed by atoms with Crippen LogP contribution in [-0.2, 0) is 4.79 Å². The molecule has 0 radical (unpaired) electrons. The van der Waals surface area contributed by atoms with Crippen LogP contribution >= 0.6 is 23.2 Å². The fourth-order valence-electron chi connectivity index (χ4n) is 2.01. The van der Waals surface area contributed by atoms with Crippen LogP contribution in [0, 0.1) is 0 Å². The molecule has 1 N–H and O–H groups in total. The monoisotopic (exact) mass is 363 g/mol. The zero-order valence-electron chi connectivity index (χ0n) is 13.4. The van der Waals surface area contributed by atoms with Gasteiger partial charge < -0.3 is 10.1 Å². The predicted molar refractivity (Wildman–Crippen MR) is 101 cm³/mol. The molecule has 0 bridgehead atoms. The van der Waals surface area contributed by atoms with Crippen molar-refractivity contribution in [2.24, 2.45) is 0 Å². The van der Waals surface area contributed by atoms with Gasteiger partial charge in [-0.2, -0.15) is 0 Å². The number of hydrogen-bond acceptors (Lipinski definition) is 2. The summed E-state index contributed by atoms with van der Waals surface area (Å²) in [5.74, 6) is 0.488. The number of nitrogens with one attached hydrogen (secondary N) is 1. The van der Waals surface area contributed by atoms with Gasteiger partial charge in [-0.05, 0) is 36.8 Å². The summed E-state index contributed by atoms with van der Waals surface area (Å²) in [6, 6.07) is 12.5. The average Bonchev–Trinajstić information content (AvgIpc) is 2.57. The van der Waals surface area contributed by atoms with Crippen molar-refractivity contribution < 1.29 is 9.53 Å². The molecule has 0 aliphatic carbocycles. The summed E-state index contributed by atoms with van der Waals surface area (Å²) in [7, 11) is 0. The number of carbonyl (C=O) groups is 1. The van der Waals surface area contributed by atoms with Crippen molar-refractivity contribution >= 4 is 40.9 Å². The minimum Gasteiger partial charge on any atom is -0.493 e. The first-order valence-corrected chi connectivity index (χ1v) is 8.51. The molecular formula is C19H19Cl2NO2. The van der Waals surface area contributed by atoms with E-state index in [2.05, 4.69) is 12.2 Å². The number of unbranched alkanes of at least 4 members (excludes halogenated alkanes) is 1. The molecule has 0 fully saturated rings. The minimum atomic E-state index is -0.275. The summed E-state index contributed by atoms with van der Waals surface area (Å²) < 4.78 is 5.74. The molecule has 0 spiro atoms. The molecule has 0 heterocycles. The third kappa shape index (κ3) is 5.59. The van der Waals surface area contributed by atoms with E-state index in [0.717, 1.165) is 24.2 Å². The zero-order valence-corrected chi connectivity index (χ0v) is 14.9. The lowest BCUT2D eigenvalue weighted by molar-refractivity contribution is -0.111. The molecule has 0 aliphatic heterocycles. The molecule has 0 aliphatic rings. The van der Waals surface area contributed by atoms with Crippen LogP contribution in [-0.4, -0.2) is 12.5 Å². The molecule has 5 heteroatoms. The molecule has 0 atom stereocenters. The quantitative estimate of drug-likeness (QED) is 0.496. The maximum Gasteiger partial charge on any atom is 0.248 e. The molecule has 0 saturated carbocycles. The number of halogens is 2. The SMILES string of the molecule is CCCCOc1ccccc1/C=C/C(=O)Nc1ccc(Cl)cc1Cl. The Morgan fingerprint density at radius 1 is 1.21 bits per heavy atom. The van der Waals surface area contributed by atoms with Crippen molar-refractivity contribution in [1.82, 2.24) is 0 Å². The standard InChI is InChI=1S/C19H19Cl2NO2/c1-2-3-12-24-18-7-5-4-6-14(18)8-11-19(23)22-17-10-9-15(20)13-16(17)21/h4-11,13H,2-3,12H2,1H3,(H,22,23)/b11-8+. The van der Waals surface area contributed by atoms with E-state index in [1.807, 2.05) is 24.3 Å². The number of ether oxygens (including phenoxy) is 1. The second-order valence-corrected chi connectivity index (χ2v) is 6.03. The summed E-state index contributed by atoms with van der Waals surface area (Å²) in [6.07, 6.45) is 5.24. The number of hydrogen-bond donors (Lipinski definition) is 1. The second kappa shape index (κ2) is 9.36. The van der Waals surface area contributed by atoms with E-state index in [1.165, 1.54) is 6.08 Å². The Hall–Kier alpha value is -1.97. The summed E-state index contributed by atoms with van der Waals surface area (Å²) >= 11 is 11.9. The van der Waals surface area contributed by atoms with Crippen molar-refractivity contribution in [2.45, 2.75) is 19.8 Å². The Bertz CT molecular complexity index is 729. The van der Waals surface area contributed by atoms with Gasteiger partial charge in [0.05, 0.1) is 17.3 Å². The molecule has 126 valence electrons. The molecule has 24 heavy (non-hydrogen) atoms. The number of anilines is 1. The van der Waals surface area contributed by atoms with Gasteiger partial charge >= 0.3 is 0 Å². The molecule has 0 saturated heterocycles. The van der Waals surface area contributed by atoms with Gasteiger partial charge in [-0.3, -0.25) is 4.79 Å². The largest absolute Gasteiger partial charge is 0.493 e. The van der Waals surface area contributed by atoms with Crippen LogP contribution in [0.4, 0.5) is 5.69 Å². The van der Waals surface area contributed by atoms with E-state index >= 15 is 0 Å². The van der Waals surface area contributed by atoms with Crippen LogP contribution in [0.3, 0.4) is 0 Å². The second-order valence-electron chi connectivity index (χ2n) is 5.19. The first kappa shape index (κ1) is 18.4. The maximum absolute atomic E-state index is 12.1. The molecule has 2 aromatic carbocycles. The number of rotatable bonds is 7. The molecule has 0 aromatic heterocycles. The third-order valence-electron chi connectivity index (χ3n) is 3.28. The summed E-state index contributed by atoms with van der Waals surface area (Å²) in [5.41, 5.74) is 1.37. The summed E-state index contributed by atoms with van der Waals surface area (Å²) in [6.45, 7) is 2.77. The van der Waals surface area contributed by atoms with Crippen LogP contribution < -0.4 is 10.1 Å². The topological polar surface area (TPSA) is 38.3 Å².